The Kier molecular flexibility index (Phi) is 4.73. The minimum atomic E-state index is -0.383. The number of benzene rings is 2. The van der Waals surface area contributed by atoms with Crippen molar-refractivity contribution in [2.75, 3.05) is 19.5 Å². The second-order valence-corrected chi connectivity index (χ2v) is 4.67. The van der Waals surface area contributed by atoms with Crippen LogP contribution in [0.1, 0.15) is 15.9 Å². The fourth-order valence-electron chi connectivity index (χ4n) is 1.96. The number of nitrogens with one attached hydrogen (secondary N) is 1. The smallest absolute Gasteiger partial charge is 0.255 e. The lowest BCUT2D eigenvalue weighted by Crippen LogP contribution is -2.12. The van der Waals surface area contributed by atoms with Gasteiger partial charge in [0.1, 0.15) is 17.2 Å². The first-order valence-electron chi connectivity index (χ1n) is 6.56. The number of nitroso groups, excluding NO2 is 1. The molecular formula is C16H16N2O4. The van der Waals surface area contributed by atoms with Gasteiger partial charge in [-0.05, 0) is 41.9 Å². The molecule has 1 amide bonds. The van der Waals surface area contributed by atoms with E-state index in [-0.39, 0.29) is 11.6 Å². The molecule has 0 heterocycles. The van der Waals surface area contributed by atoms with Crippen LogP contribution >= 0.6 is 0 Å². The number of rotatable bonds is 5. The summed E-state index contributed by atoms with van der Waals surface area (Å²) in [4.78, 5) is 23.2. The molecule has 0 spiro atoms. The van der Waals surface area contributed by atoms with Gasteiger partial charge in [0, 0.05) is 11.6 Å². The fourth-order valence-corrected chi connectivity index (χ4v) is 1.96. The third-order valence-corrected chi connectivity index (χ3v) is 3.11. The van der Waals surface area contributed by atoms with Gasteiger partial charge in [0.2, 0.25) is 0 Å². The molecular weight excluding hydrogens is 284 g/mol. The maximum Gasteiger partial charge on any atom is 0.255 e. The van der Waals surface area contributed by atoms with E-state index in [4.69, 9.17) is 9.47 Å². The Labute approximate surface area is 128 Å². The number of aryl methyl sites for hydroxylation is 1. The summed E-state index contributed by atoms with van der Waals surface area (Å²) >= 11 is 0. The van der Waals surface area contributed by atoms with Crippen LogP contribution in [0, 0.1) is 11.8 Å². The largest absolute Gasteiger partial charge is 0.497 e. The summed E-state index contributed by atoms with van der Waals surface area (Å²) in [6.07, 6.45) is 0. The Morgan fingerprint density at radius 3 is 2.23 bits per heavy atom. The van der Waals surface area contributed by atoms with Gasteiger partial charge in [-0.3, -0.25) is 4.79 Å². The van der Waals surface area contributed by atoms with Gasteiger partial charge in [0.25, 0.3) is 5.91 Å². The van der Waals surface area contributed by atoms with Gasteiger partial charge < -0.3 is 14.8 Å². The molecule has 0 unspecified atom stereocenters. The molecule has 2 aromatic rings. The van der Waals surface area contributed by atoms with Crippen molar-refractivity contribution >= 4 is 17.3 Å². The lowest BCUT2D eigenvalue weighted by molar-refractivity contribution is 0.102. The normalized spacial score (nSPS) is 9.95. The zero-order valence-corrected chi connectivity index (χ0v) is 12.5. The maximum absolute atomic E-state index is 12.3. The number of amides is 1. The Hall–Kier alpha value is -2.89. The summed E-state index contributed by atoms with van der Waals surface area (Å²) < 4.78 is 10.3. The van der Waals surface area contributed by atoms with Gasteiger partial charge in [0.05, 0.1) is 19.9 Å². The first-order chi connectivity index (χ1) is 10.6. The van der Waals surface area contributed by atoms with Crippen molar-refractivity contribution < 1.29 is 14.3 Å². The highest BCUT2D eigenvalue weighted by Crippen LogP contribution is 2.28. The van der Waals surface area contributed by atoms with E-state index in [0.717, 1.165) is 5.56 Å². The third kappa shape index (κ3) is 3.41. The number of hydrogen-bond donors (Lipinski definition) is 1. The number of nitrogens with zero attached hydrogens (tertiary/aromatic N) is 1. The Balaban J connectivity index is 2.31. The van der Waals surface area contributed by atoms with Crippen LogP contribution in [0.2, 0.25) is 0 Å². The number of methoxy groups -OCH3 is 2. The molecule has 0 aliphatic rings. The summed E-state index contributed by atoms with van der Waals surface area (Å²) in [6.45, 7) is 1.84. The van der Waals surface area contributed by atoms with Crippen molar-refractivity contribution in [3.63, 3.8) is 0 Å². The van der Waals surface area contributed by atoms with E-state index in [1.165, 1.54) is 14.2 Å². The fraction of sp³-hybridized carbons (Fsp3) is 0.188. The van der Waals surface area contributed by atoms with Crippen LogP contribution in [-0.2, 0) is 0 Å². The second-order valence-electron chi connectivity index (χ2n) is 4.67. The number of anilines is 1. The van der Waals surface area contributed by atoms with Crippen molar-refractivity contribution in [1.82, 2.24) is 0 Å². The molecule has 0 atom stereocenters. The van der Waals surface area contributed by atoms with Crippen LogP contribution in [0.25, 0.3) is 0 Å². The van der Waals surface area contributed by atoms with Crippen LogP contribution in [0.3, 0.4) is 0 Å². The summed E-state index contributed by atoms with van der Waals surface area (Å²) in [5.74, 6) is 0.621. The molecule has 6 heteroatoms. The topological polar surface area (TPSA) is 77.0 Å². The van der Waals surface area contributed by atoms with E-state index in [1.54, 1.807) is 36.4 Å². The standard InChI is InChI=1S/C16H16N2O4/c1-10-4-5-14(15(6-10)18-20)17-16(19)11-7-12(21-2)9-13(8-11)22-3/h4-9H,1-3H3,(H,17,19). The molecule has 2 aromatic carbocycles. The zero-order chi connectivity index (χ0) is 16.1. The summed E-state index contributed by atoms with van der Waals surface area (Å²) in [5.41, 5.74) is 1.78. The number of carbonyl (C=O) groups is 1. The molecule has 0 aliphatic heterocycles. The van der Waals surface area contributed by atoms with Crippen LogP contribution < -0.4 is 14.8 Å². The van der Waals surface area contributed by atoms with Crippen LogP contribution in [-0.4, -0.2) is 20.1 Å². The molecule has 0 aromatic heterocycles. The van der Waals surface area contributed by atoms with Gasteiger partial charge >= 0.3 is 0 Å². The average Bonchev–Trinajstić information content (AvgIpc) is 2.55. The van der Waals surface area contributed by atoms with Crippen molar-refractivity contribution in [2.45, 2.75) is 6.92 Å². The quantitative estimate of drug-likeness (QED) is 0.855. The second kappa shape index (κ2) is 6.71. The van der Waals surface area contributed by atoms with Crippen LogP contribution in [0.15, 0.2) is 41.6 Å². The predicted molar refractivity (Wildman–Crippen MR) is 84.1 cm³/mol. The number of hydrogen-bond acceptors (Lipinski definition) is 5. The Morgan fingerprint density at radius 2 is 1.68 bits per heavy atom. The molecule has 0 saturated carbocycles. The van der Waals surface area contributed by atoms with E-state index in [2.05, 4.69) is 10.5 Å². The molecule has 6 nitrogen and oxygen atoms in total. The van der Waals surface area contributed by atoms with E-state index in [1.807, 2.05) is 6.92 Å². The molecule has 0 bridgehead atoms. The van der Waals surface area contributed by atoms with Crippen molar-refractivity contribution in [1.29, 1.82) is 0 Å². The minimum absolute atomic E-state index is 0.184. The van der Waals surface area contributed by atoms with Gasteiger partial charge in [0.15, 0.2) is 0 Å². The molecule has 114 valence electrons. The third-order valence-electron chi connectivity index (χ3n) is 3.11. The van der Waals surface area contributed by atoms with Crippen molar-refractivity contribution in [3.8, 4) is 11.5 Å². The van der Waals surface area contributed by atoms with E-state index >= 15 is 0 Å². The molecule has 2 rings (SSSR count). The zero-order valence-electron chi connectivity index (χ0n) is 12.5. The lowest BCUT2D eigenvalue weighted by atomic mass is 10.1. The van der Waals surface area contributed by atoms with Crippen LogP contribution in [0.4, 0.5) is 11.4 Å². The summed E-state index contributed by atoms with van der Waals surface area (Å²) in [7, 11) is 3.01. The van der Waals surface area contributed by atoms with Gasteiger partial charge in [-0.1, -0.05) is 6.07 Å². The number of ether oxygens (including phenoxy) is 2. The monoisotopic (exact) mass is 300 g/mol. The minimum Gasteiger partial charge on any atom is -0.497 e. The molecule has 0 aliphatic carbocycles. The van der Waals surface area contributed by atoms with Crippen molar-refractivity contribution in [2.24, 2.45) is 5.18 Å². The highest BCUT2D eigenvalue weighted by atomic mass is 16.5. The molecule has 0 radical (unpaired) electrons. The van der Waals surface area contributed by atoms with E-state index in [0.29, 0.717) is 22.7 Å². The summed E-state index contributed by atoms with van der Waals surface area (Å²) in [5, 5.41) is 5.60. The molecule has 0 fully saturated rings. The Bertz CT molecular complexity index is 691. The predicted octanol–water partition coefficient (Wildman–Crippen LogP) is 3.66. The Morgan fingerprint density at radius 1 is 1.05 bits per heavy atom. The first-order valence-corrected chi connectivity index (χ1v) is 6.56. The van der Waals surface area contributed by atoms with Crippen LogP contribution in [0.5, 0.6) is 11.5 Å². The van der Waals surface area contributed by atoms with Crippen molar-refractivity contribution in [3.05, 3.63) is 52.4 Å². The highest BCUT2D eigenvalue weighted by Gasteiger charge is 2.12. The lowest BCUT2D eigenvalue weighted by Gasteiger charge is -2.10. The highest BCUT2D eigenvalue weighted by molar-refractivity contribution is 6.06. The van der Waals surface area contributed by atoms with E-state index in [9.17, 15) is 9.70 Å². The van der Waals surface area contributed by atoms with E-state index < -0.39 is 0 Å². The first kappa shape index (κ1) is 15.5. The number of carbonyl (C=O) groups excluding carboxylic acids is 1. The molecule has 22 heavy (non-hydrogen) atoms. The molecule has 0 saturated heterocycles. The average molecular weight is 300 g/mol. The SMILES string of the molecule is COc1cc(OC)cc(C(=O)Nc2ccc(C)cc2N=O)c1. The van der Waals surface area contributed by atoms with Gasteiger partial charge in [-0.15, -0.1) is 4.91 Å². The van der Waals surface area contributed by atoms with Gasteiger partial charge in [-0.25, -0.2) is 0 Å². The van der Waals surface area contributed by atoms with Gasteiger partial charge in [-0.2, -0.15) is 0 Å². The maximum atomic E-state index is 12.3. The molecule has 1 N–H and O–H groups in total. The summed E-state index contributed by atoms with van der Waals surface area (Å²) in [6, 6.07) is 9.87.